The highest BCUT2D eigenvalue weighted by Gasteiger charge is 2.15. The highest BCUT2D eigenvalue weighted by molar-refractivity contribution is 5.85. The van der Waals surface area contributed by atoms with Crippen LogP contribution < -0.4 is 30.0 Å². The Hall–Kier alpha value is -6.93. The van der Waals surface area contributed by atoms with Gasteiger partial charge in [0, 0.05) is 11.8 Å². The highest BCUT2D eigenvalue weighted by Crippen LogP contribution is 2.31. The number of fused-ring (bicyclic) bond motifs is 2. The van der Waals surface area contributed by atoms with E-state index in [2.05, 4.69) is 38.8 Å². The molecule has 8 rings (SSSR count). The fourth-order valence-corrected chi connectivity index (χ4v) is 6.49. The van der Waals surface area contributed by atoms with Gasteiger partial charge in [-0.25, -0.2) is 15.0 Å². The third kappa shape index (κ3) is 10.5. The molecule has 0 amide bonds. The molecule has 14 nitrogen and oxygen atoms in total. The van der Waals surface area contributed by atoms with Crippen molar-refractivity contribution in [1.82, 2.24) is 39.0 Å². The molecule has 316 valence electrons. The van der Waals surface area contributed by atoms with Crippen LogP contribution in [-0.4, -0.2) is 53.3 Å². The molecule has 0 saturated heterocycles. The molecule has 61 heavy (non-hydrogen) atoms. The van der Waals surface area contributed by atoms with E-state index in [0.717, 1.165) is 39.5 Å². The van der Waals surface area contributed by atoms with Gasteiger partial charge in [-0.05, 0) is 46.5 Å². The molecular weight excluding hydrogens is 794 g/mol. The van der Waals surface area contributed by atoms with E-state index >= 15 is 0 Å². The number of halogens is 1. The van der Waals surface area contributed by atoms with E-state index in [1.807, 2.05) is 120 Å². The lowest BCUT2D eigenvalue weighted by Crippen LogP contribution is -2.13. The Kier molecular flexibility index (Phi) is 14.2. The van der Waals surface area contributed by atoms with Gasteiger partial charge in [0.1, 0.15) is 36.7 Å². The first kappa shape index (κ1) is 43.6. The normalized spacial score (nSPS) is 11.0. The molecule has 4 heterocycles. The number of hydrogen-bond acceptors (Lipinski definition) is 10. The first-order valence-electron chi connectivity index (χ1n) is 19.7. The molecular formula is C46H50ClN9O5. The van der Waals surface area contributed by atoms with E-state index in [0.29, 0.717) is 66.0 Å². The van der Waals surface area contributed by atoms with Gasteiger partial charge in [-0.15, -0.1) is 12.4 Å². The van der Waals surface area contributed by atoms with E-state index in [1.165, 1.54) is 6.33 Å². The molecule has 4 aromatic heterocycles. The summed E-state index contributed by atoms with van der Waals surface area (Å²) in [5, 5.41) is 8.09. The fraction of sp³-hybridized carbons (Fsp3) is 0.261. The third-order valence-corrected chi connectivity index (χ3v) is 9.77. The highest BCUT2D eigenvalue weighted by atomic mass is 35.5. The number of ether oxygens (including phenoxy) is 4. The summed E-state index contributed by atoms with van der Waals surface area (Å²) in [5.41, 5.74) is 6.47. The van der Waals surface area contributed by atoms with Gasteiger partial charge in [-0.1, -0.05) is 100 Å². The second kappa shape index (κ2) is 19.9. The minimum atomic E-state index is -0.303. The molecule has 0 fully saturated rings. The van der Waals surface area contributed by atoms with Crippen molar-refractivity contribution in [2.45, 2.75) is 65.8 Å². The number of nitrogens with one attached hydrogen (secondary N) is 3. The molecule has 0 spiro atoms. The smallest absolute Gasteiger partial charge is 0.298 e. The van der Waals surface area contributed by atoms with Crippen LogP contribution in [0, 0.1) is 5.41 Å². The average molecular weight is 844 g/mol. The maximum atomic E-state index is 12.1. The Balaban J connectivity index is 0.000000201. The van der Waals surface area contributed by atoms with E-state index in [9.17, 15) is 4.79 Å². The van der Waals surface area contributed by atoms with Crippen LogP contribution in [0.4, 0.5) is 0 Å². The quantitative estimate of drug-likeness (QED) is 0.0975. The Bertz CT molecular complexity index is 2620. The van der Waals surface area contributed by atoms with Crippen LogP contribution in [0.2, 0.25) is 0 Å². The molecule has 15 heteroatoms. The lowest BCUT2D eigenvalue weighted by Gasteiger charge is -2.13. The molecule has 0 atom stereocenters. The minimum absolute atomic E-state index is 0. The number of nitrogens with zero attached hydrogens (tertiary/aromatic N) is 6. The van der Waals surface area contributed by atoms with Crippen LogP contribution in [0.1, 0.15) is 73.4 Å². The standard InChI is InChI=1S/C23H25N5O2.C23H24N4O3.ClH/c1-15(2)22-26-20-21(24)25-14-28(23(20)27-22)12-17-9-10-18(29-3)19(11-17)30-13-16-7-5-4-6-8-16;1-15(2)21-25-20-22(26-21)27(14-24-23(20)28)12-17-9-10-18(29-3)19(11-17)30-13-16-7-5-4-6-8-16;/h4-11,14-15,24H,12-13H2,1-3H3,(H,26,27);4-11,14-15H,12-13H2,1-3H3,(H,25,26);1H. The van der Waals surface area contributed by atoms with Crippen molar-refractivity contribution < 1.29 is 18.9 Å². The van der Waals surface area contributed by atoms with E-state index in [4.69, 9.17) is 29.3 Å². The zero-order valence-corrected chi connectivity index (χ0v) is 35.8. The number of H-pyrrole nitrogens is 2. The van der Waals surface area contributed by atoms with Crippen LogP contribution in [0.3, 0.4) is 0 Å². The zero-order valence-electron chi connectivity index (χ0n) is 35.0. The lowest BCUT2D eigenvalue weighted by atomic mass is 10.2. The van der Waals surface area contributed by atoms with E-state index in [1.54, 1.807) is 20.5 Å². The van der Waals surface area contributed by atoms with Crippen molar-refractivity contribution in [1.29, 1.82) is 5.41 Å². The van der Waals surface area contributed by atoms with Crippen LogP contribution in [0.25, 0.3) is 22.3 Å². The Morgan fingerprint density at radius 3 is 1.49 bits per heavy atom. The van der Waals surface area contributed by atoms with Crippen molar-refractivity contribution in [3.05, 3.63) is 159 Å². The molecule has 0 saturated carbocycles. The molecule has 0 aliphatic rings. The number of aromatic amines is 2. The molecule has 8 aromatic rings. The minimum Gasteiger partial charge on any atom is -0.493 e. The number of imidazole rings is 2. The lowest BCUT2D eigenvalue weighted by molar-refractivity contribution is 0.284. The summed E-state index contributed by atoms with van der Waals surface area (Å²) in [7, 11) is 3.26. The summed E-state index contributed by atoms with van der Waals surface area (Å²) in [6.07, 6.45) is 3.19. The predicted molar refractivity (Wildman–Crippen MR) is 237 cm³/mol. The summed E-state index contributed by atoms with van der Waals surface area (Å²) in [4.78, 5) is 36.0. The number of rotatable bonds is 14. The fourth-order valence-electron chi connectivity index (χ4n) is 6.49. The molecule has 3 N–H and O–H groups in total. The van der Waals surface area contributed by atoms with Gasteiger partial charge in [0.15, 0.2) is 45.3 Å². The molecule has 0 unspecified atom stereocenters. The van der Waals surface area contributed by atoms with E-state index < -0.39 is 0 Å². The SMILES string of the molecule is COc1ccc(Cn2cnc(=N)c3[nH]c(C(C)C)nc32)cc1OCc1ccccc1.COc1ccc(Cn2cnc(=O)c3[nH]c(C(C)C)nc32)cc1OCc1ccccc1.Cl. The second-order valence-corrected chi connectivity index (χ2v) is 14.9. The molecule has 0 radical (unpaired) electrons. The topological polar surface area (TPSA) is 171 Å². The monoisotopic (exact) mass is 843 g/mol. The first-order valence-corrected chi connectivity index (χ1v) is 19.7. The van der Waals surface area contributed by atoms with Gasteiger partial charge < -0.3 is 38.0 Å². The summed E-state index contributed by atoms with van der Waals surface area (Å²) in [5.74, 6) is 4.74. The summed E-state index contributed by atoms with van der Waals surface area (Å²) >= 11 is 0. The Labute approximate surface area is 359 Å². The van der Waals surface area contributed by atoms with Gasteiger partial charge >= 0.3 is 0 Å². The van der Waals surface area contributed by atoms with Crippen molar-refractivity contribution >= 4 is 34.7 Å². The van der Waals surface area contributed by atoms with Crippen molar-refractivity contribution in [2.24, 2.45) is 0 Å². The van der Waals surface area contributed by atoms with Gasteiger partial charge in [0.2, 0.25) is 0 Å². The average Bonchev–Trinajstić information content (AvgIpc) is 3.94. The largest absolute Gasteiger partial charge is 0.493 e. The van der Waals surface area contributed by atoms with Gasteiger partial charge in [-0.2, -0.15) is 4.98 Å². The van der Waals surface area contributed by atoms with Crippen LogP contribution in [-0.2, 0) is 26.3 Å². The molecule has 0 aliphatic carbocycles. The van der Waals surface area contributed by atoms with Gasteiger partial charge in [0.05, 0.1) is 33.6 Å². The molecule has 4 aromatic carbocycles. The number of hydrogen-bond donors (Lipinski definition) is 3. The Morgan fingerprint density at radius 1 is 0.590 bits per heavy atom. The second-order valence-electron chi connectivity index (χ2n) is 14.9. The molecule has 0 bridgehead atoms. The van der Waals surface area contributed by atoms with Crippen LogP contribution >= 0.6 is 12.4 Å². The summed E-state index contributed by atoms with van der Waals surface area (Å²) < 4.78 is 26.8. The maximum Gasteiger partial charge on any atom is 0.298 e. The van der Waals surface area contributed by atoms with Crippen LogP contribution in [0.15, 0.2) is 115 Å². The molecule has 0 aliphatic heterocycles. The van der Waals surface area contributed by atoms with E-state index in [-0.39, 0.29) is 35.3 Å². The number of methoxy groups -OCH3 is 2. The summed E-state index contributed by atoms with van der Waals surface area (Å²) in [6.45, 7) is 10.2. The van der Waals surface area contributed by atoms with Crippen molar-refractivity contribution in [3.8, 4) is 23.0 Å². The summed E-state index contributed by atoms with van der Waals surface area (Å²) in [6, 6.07) is 31.7. The first-order chi connectivity index (χ1) is 29.1. The maximum absolute atomic E-state index is 12.1. The van der Waals surface area contributed by atoms with Crippen molar-refractivity contribution in [2.75, 3.05) is 14.2 Å². The Morgan fingerprint density at radius 2 is 1.03 bits per heavy atom. The predicted octanol–water partition coefficient (Wildman–Crippen LogP) is 8.30. The van der Waals surface area contributed by atoms with Crippen LogP contribution in [0.5, 0.6) is 23.0 Å². The zero-order chi connectivity index (χ0) is 42.2. The number of aromatic nitrogens is 8. The number of benzene rings is 4. The van der Waals surface area contributed by atoms with Gasteiger partial charge in [0.25, 0.3) is 5.56 Å². The van der Waals surface area contributed by atoms with Crippen molar-refractivity contribution in [3.63, 3.8) is 0 Å². The third-order valence-electron chi connectivity index (χ3n) is 9.77. The van der Waals surface area contributed by atoms with Gasteiger partial charge in [-0.3, -0.25) is 10.2 Å².